The first-order valence-electron chi connectivity index (χ1n) is 6.32. The Labute approximate surface area is 121 Å². The van der Waals surface area contributed by atoms with E-state index in [9.17, 15) is 0 Å². The van der Waals surface area contributed by atoms with Gasteiger partial charge in [0.05, 0.1) is 22.2 Å². The van der Waals surface area contributed by atoms with E-state index in [1.165, 1.54) is 0 Å². The fraction of sp³-hybridized carbons (Fsp3) is 0.538. The van der Waals surface area contributed by atoms with Gasteiger partial charge in [-0.1, -0.05) is 13.8 Å². The number of hydrogen-bond donors (Lipinski definition) is 1. The molecule has 104 valence electrons. The van der Waals surface area contributed by atoms with Gasteiger partial charge in [0, 0.05) is 31.7 Å². The van der Waals surface area contributed by atoms with Crippen LogP contribution in [0.4, 0.5) is 5.13 Å². The van der Waals surface area contributed by atoms with Crippen molar-refractivity contribution in [2.45, 2.75) is 20.3 Å². The summed E-state index contributed by atoms with van der Waals surface area (Å²) in [7, 11) is 1.71. The van der Waals surface area contributed by atoms with E-state index in [0.29, 0.717) is 12.5 Å². The number of aromatic nitrogens is 2. The lowest BCUT2D eigenvalue weighted by Gasteiger charge is -2.04. The highest BCUT2D eigenvalue weighted by molar-refractivity contribution is 7.16. The van der Waals surface area contributed by atoms with Gasteiger partial charge >= 0.3 is 0 Å². The van der Waals surface area contributed by atoms with Crippen LogP contribution in [0.1, 0.15) is 18.9 Å². The molecule has 0 radical (unpaired) electrons. The zero-order chi connectivity index (χ0) is 13.7. The number of nitrogens with zero attached hydrogens (tertiary/aromatic N) is 2. The van der Waals surface area contributed by atoms with E-state index in [1.54, 1.807) is 29.8 Å². The monoisotopic (exact) mass is 297 g/mol. The molecular formula is C13H19N3OS2. The van der Waals surface area contributed by atoms with E-state index in [-0.39, 0.29) is 0 Å². The lowest BCUT2D eigenvalue weighted by Crippen LogP contribution is -2.07. The molecule has 0 bridgehead atoms. The Bertz CT molecular complexity index is 507. The van der Waals surface area contributed by atoms with Crippen LogP contribution in [0.25, 0.3) is 10.6 Å². The van der Waals surface area contributed by atoms with Crippen LogP contribution in [0.2, 0.25) is 0 Å². The van der Waals surface area contributed by atoms with Crippen molar-refractivity contribution < 1.29 is 4.74 Å². The van der Waals surface area contributed by atoms with E-state index in [1.807, 2.05) is 6.20 Å². The Balaban J connectivity index is 1.99. The van der Waals surface area contributed by atoms with Gasteiger partial charge in [-0.05, 0) is 5.92 Å². The Kier molecular flexibility index (Phi) is 5.30. The summed E-state index contributed by atoms with van der Waals surface area (Å²) < 4.78 is 5.06. The Morgan fingerprint density at radius 2 is 2.26 bits per heavy atom. The van der Waals surface area contributed by atoms with Crippen LogP contribution in [-0.2, 0) is 11.2 Å². The molecule has 0 aromatic carbocycles. The van der Waals surface area contributed by atoms with Gasteiger partial charge < -0.3 is 10.1 Å². The number of rotatable bonds is 7. The first kappa shape index (κ1) is 14.4. The summed E-state index contributed by atoms with van der Waals surface area (Å²) in [6.45, 7) is 6.04. The van der Waals surface area contributed by atoms with Crippen LogP contribution < -0.4 is 5.32 Å². The average Bonchev–Trinajstić information content (AvgIpc) is 3.02. The third kappa shape index (κ3) is 4.26. The van der Waals surface area contributed by atoms with Crippen LogP contribution in [-0.4, -0.2) is 30.2 Å². The highest BCUT2D eigenvalue weighted by Crippen LogP contribution is 2.29. The molecule has 2 aromatic heterocycles. The second-order valence-corrected chi connectivity index (χ2v) is 6.65. The molecule has 2 aromatic rings. The predicted octanol–water partition coefficient (Wildman–Crippen LogP) is 3.52. The van der Waals surface area contributed by atoms with E-state index in [2.05, 4.69) is 34.5 Å². The van der Waals surface area contributed by atoms with Gasteiger partial charge in [-0.2, -0.15) is 0 Å². The number of methoxy groups -OCH3 is 1. The number of thiazole rings is 2. The van der Waals surface area contributed by atoms with E-state index >= 15 is 0 Å². The minimum Gasteiger partial charge on any atom is -0.384 e. The fourth-order valence-electron chi connectivity index (χ4n) is 1.49. The normalized spacial score (nSPS) is 11.2. The van der Waals surface area contributed by atoms with E-state index in [4.69, 9.17) is 4.74 Å². The molecule has 6 heteroatoms. The van der Waals surface area contributed by atoms with Crippen molar-refractivity contribution in [1.82, 2.24) is 9.97 Å². The second-order valence-electron chi connectivity index (χ2n) is 4.67. The highest BCUT2D eigenvalue weighted by Gasteiger charge is 2.09. The molecule has 0 fully saturated rings. The minimum absolute atomic E-state index is 0.622. The number of anilines is 1. The van der Waals surface area contributed by atoms with Gasteiger partial charge in [0.15, 0.2) is 5.13 Å². The van der Waals surface area contributed by atoms with Gasteiger partial charge in [0.2, 0.25) is 0 Å². The third-order valence-corrected chi connectivity index (χ3v) is 4.37. The van der Waals surface area contributed by atoms with Gasteiger partial charge in [0.25, 0.3) is 0 Å². The zero-order valence-corrected chi connectivity index (χ0v) is 13.1. The van der Waals surface area contributed by atoms with Crippen molar-refractivity contribution in [3.8, 4) is 10.6 Å². The number of ether oxygens (including phenoxy) is 1. The Morgan fingerprint density at radius 3 is 3.00 bits per heavy atom. The molecule has 0 amide bonds. The lowest BCUT2D eigenvalue weighted by molar-refractivity contribution is 0.202. The van der Waals surface area contributed by atoms with Crippen LogP contribution in [0.15, 0.2) is 11.6 Å². The first-order valence-corrected chi connectivity index (χ1v) is 8.02. The van der Waals surface area contributed by atoms with Crippen LogP contribution >= 0.6 is 22.7 Å². The summed E-state index contributed by atoms with van der Waals surface area (Å²) in [5.41, 5.74) is 1.01. The van der Waals surface area contributed by atoms with Gasteiger partial charge in [0.1, 0.15) is 0 Å². The standard InChI is InChI=1S/C13H19N3OS2/c1-9(2)6-15-13-16-10(8-18-13)11-7-14-12(19-11)4-5-17-3/h7-9H,4-6H2,1-3H3,(H,15,16). The maximum Gasteiger partial charge on any atom is 0.183 e. The number of nitrogens with one attached hydrogen (secondary N) is 1. The summed E-state index contributed by atoms with van der Waals surface area (Å²) in [6, 6.07) is 0. The summed E-state index contributed by atoms with van der Waals surface area (Å²) in [5.74, 6) is 0.622. The summed E-state index contributed by atoms with van der Waals surface area (Å²) in [4.78, 5) is 10.1. The third-order valence-electron chi connectivity index (χ3n) is 2.49. The lowest BCUT2D eigenvalue weighted by atomic mass is 10.2. The molecule has 0 saturated heterocycles. The van der Waals surface area contributed by atoms with Crippen molar-refractivity contribution in [3.63, 3.8) is 0 Å². The predicted molar refractivity (Wildman–Crippen MR) is 82.1 cm³/mol. The Hall–Kier alpha value is -0.980. The zero-order valence-electron chi connectivity index (χ0n) is 11.5. The van der Waals surface area contributed by atoms with E-state index < -0.39 is 0 Å². The van der Waals surface area contributed by atoms with Gasteiger partial charge in [-0.15, -0.1) is 22.7 Å². The van der Waals surface area contributed by atoms with Gasteiger partial charge in [-0.3, -0.25) is 0 Å². The number of hydrogen-bond acceptors (Lipinski definition) is 6. The van der Waals surface area contributed by atoms with Crippen LogP contribution in [0.5, 0.6) is 0 Å². The summed E-state index contributed by atoms with van der Waals surface area (Å²) in [5, 5.41) is 7.51. The highest BCUT2D eigenvalue weighted by atomic mass is 32.1. The van der Waals surface area contributed by atoms with Crippen molar-refractivity contribution in [2.24, 2.45) is 5.92 Å². The smallest absolute Gasteiger partial charge is 0.183 e. The molecule has 0 saturated carbocycles. The van der Waals surface area contributed by atoms with Crippen molar-refractivity contribution in [2.75, 3.05) is 25.6 Å². The topological polar surface area (TPSA) is 47.0 Å². The molecule has 4 nitrogen and oxygen atoms in total. The molecule has 2 heterocycles. The van der Waals surface area contributed by atoms with Crippen LogP contribution in [0, 0.1) is 5.92 Å². The SMILES string of the molecule is COCCc1ncc(-c2csc(NCC(C)C)n2)s1. The van der Waals surface area contributed by atoms with Crippen molar-refractivity contribution >= 4 is 27.8 Å². The van der Waals surface area contributed by atoms with E-state index in [0.717, 1.165) is 33.7 Å². The maximum atomic E-state index is 5.06. The minimum atomic E-state index is 0.622. The van der Waals surface area contributed by atoms with Crippen molar-refractivity contribution in [3.05, 3.63) is 16.6 Å². The molecule has 0 atom stereocenters. The summed E-state index contributed by atoms with van der Waals surface area (Å²) in [6.07, 6.45) is 2.76. The quantitative estimate of drug-likeness (QED) is 0.849. The molecule has 1 N–H and O–H groups in total. The molecule has 0 aliphatic heterocycles. The maximum absolute atomic E-state index is 5.06. The molecule has 0 aliphatic rings. The Morgan fingerprint density at radius 1 is 1.42 bits per heavy atom. The van der Waals surface area contributed by atoms with Crippen LogP contribution in [0.3, 0.4) is 0 Å². The largest absolute Gasteiger partial charge is 0.384 e. The molecule has 2 rings (SSSR count). The molecule has 0 aliphatic carbocycles. The molecule has 19 heavy (non-hydrogen) atoms. The second kappa shape index (κ2) is 6.98. The fourth-order valence-corrected chi connectivity index (χ4v) is 3.15. The molecule has 0 unspecified atom stereocenters. The van der Waals surface area contributed by atoms with Gasteiger partial charge in [-0.25, -0.2) is 9.97 Å². The van der Waals surface area contributed by atoms with Crippen molar-refractivity contribution in [1.29, 1.82) is 0 Å². The molecular weight excluding hydrogens is 278 g/mol. The molecule has 0 spiro atoms. The summed E-state index contributed by atoms with van der Waals surface area (Å²) >= 11 is 3.33. The average molecular weight is 297 g/mol. The first-order chi connectivity index (χ1) is 9.19.